The summed E-state index contributed by atoms with van der Waals surface area (Å²) in [6, 6.07) is 0.590. The van der Waals surface area contributed by atoms with Crippen LogP contribution < -0.4 is 5.32 Å². The highest BCUT2D eigenvalue weighted by Crippen LogP contribution is 2.22. The van der Waals surface area contributed by atoms with Gasteiger partial charge in [0.1, 0.15) is 0 Å². The number of piperazine rings is 1. The van der Waals surface area contributed by atoms with E-state index in [0.29, 0.717) is 6.04 Å². The van der Waals surface area contributed by atoms with E-state index < -0.39 is 0 Å². The van der Waals surface area contributed by atoms with Gasteiger partial charge in [-0.2, -0.15) is 5.10 Å². The number of hydrogen-bond acceptors (Lipinski definition) is 3. The van der Waals surface area contributed by atoms with Crippen LogP contribution in [0.15, 0.2) is 0 Å². The van der Waals surface area contributed by atoms with Crippen LogP contribution in [0.1, 0.15) is 44.6 Å². The second-order valence-corrected chi connectivity index (χ2v) is 6.82. The maximum atomic E-state index is 4.74. The third kappa shape index (κ3) is 3.74. The summed E-state index contributed by atoms with van der Waals surface area (Å²) in [6.07, 6.45) is 0. The Labute approximate surface area is 129 Å². The van der Waals surface area contributed by atoms with Gasteiger partial charge < -0.3 is 5.32 Å². The van der Waals surface area contributed by atoms with Gasteiger partial charge in [-0.25, -0.2) is 0 Å². The first-order valence-electron chi connectivity index (χ1n) is 7.30. The SMILES string of the molecule is Cc1nn(C(C)(C)C)c(C)c1CN1CCN[C@H](C)C1.Cl. The molecule has 0 spiro atoms. The van der Waals surface area contributed by atoms with Crippen molar-refractivity contribution in [2.75, 3.05) is 19.6 Å². The van der Waals surface area contributed by atoms with E-state index in [1.54, 1.807) is 0 Å². The van der Waals surface area contributed by atoms with E-state index >= 15 is 0 Å². The molecule has 1 aromatic rings. The van der Waals surface area contributed by atoms with Gasteiger partial charge in [-0.05, 0) is 41.5 Å². The summed E-state index contributed by atoms with van der Waals surface area (Å²) in [4.78, 5) is 2.53. The molecule has 1 N–H and O–H groups in total. The monoisotopic (exact) mass is 300 g/mol. The lowest BCUT2D eigenvalue weighted by atomic mass is 10.1. The zero-order valence-corrected chi connectivity index (χ0v) is 14.5. The molecule has 0 bridgehead atoms. The molecule has 1 saturated heterocycles. The predicted molar refractivity (Wildman–Crippen MR) is 86.7 cm³/mol. The summed E-state index contributed by atoms with van der Waals surface area (Å²) in [7, 11) is 0. The second kappa shape index (κ2) is 6.46. The van der Waals surface area contributed by atoms with Gasteiger partial charge >= 0.3 is 0 Å². The molecule has 20 heavy (non-hydrogen) atoms. The van der Waals surface area contributed by atoms with Crippen LogP contribution in [0.25, 0.3) is 0 Å². The van der Waals surface area contributed by atoms with E-state index in [4.69, 9.17) is 5.10 Å². The van der Waals surface area contributed by atoms with Gasteiger partial charge in [0.05, 0.1) is 11.2 Å². The van der Waals surface area contributed by atoms with Crippen LogP contribution >= 0.6 is 12.4 Å². The fourth-order valence-corrected chi connectivity index (χ4v) is 2.94. The van der Waals surface area contributed by atoms with Crippen molar-refractivity contribution in [1.82, 2.24) is 20.0 Å². The summed E-state index contributed by atoms with van der Waals surface area (Å²) in [6.45, 7) is 17.6. The van der Waals surface area contributed by atoms with E-state index in [2.05, 4.69) is 56.4 Å². The lowest BCUT2D eigenvalue weighted by Crippen LogP contribution is -2.48. The molecule has 4 nitrogen and oxygen atoms in total. The van der Waals surface area contributed by atoms with Crippen LogP contribution in [-0.2, 0) is 12.1 Å². The Balaban J connectivity index is 0.00000200. The quantitative estimate of drug-likeness (QED) is 0.911. The first-order chi connectivity index (χ1) is 8.79. The Morgan fingerprint density at radius 2 is 1.95 bits per heavy atom. The Bertz CT molecular complexity index is 447. The van der Waals surface area contributed by atoms with Gasteiger partial charge in [-0.1, -0.05) is 0 Å². The minimum Gasteiger partial charge on any atom is -0.312 e. The zero-order chi connectivity index (χ0) is 14.2. The van der Waals surface area contributed by atoms with E-state index in [9.17, 15) is 0 Å². The minimum absolute atomic E-state index is 0. The van der Waals surface area contributed by atoms with Crippen molar-refractivity contribution in [2.45, 2.75) is 59.7 Å². The summed E-state index contributed by atoms with van der Waals surface area (Å²) in [5, 5.41) is 8.23. The molecule has 0 amide bonds. The van der Waals surface area contributed by atoms with Crippen LogP contribution in [0.4, 0.5) is 0 Å². The van der Waals surface area contributed by atoms with E-state index in [-0.39, 0.29) is 17.9 Å². The molecule has 1 aromatic heterocycles. The van der Waals surface area contributed by atoms with Crippen LogP contribution in [0, 0.1) is 13.8 Å². The van der Waals surface area contributed by atoms with Gasteiger partial charge in [0.15, 0.2) is 0 Å². The standard InChI is InChI=1S/C15H28N4.ClH/c1-11-9-18(8-7-16-11)10-14-12(2)17-19(13(14)3)15(4,5)6;/h11,16H,7-10H2,1-6H3;1H/t11-;/m1./s1. The molecule has 0 radical (unpaired) electrons. The second-order valence-electron chi connectivity index (χ2n) is 6.82. The molecule has 1 atom stereocenters. The van der Waals surface area contributed by atoms with Gasteiger partial charge in [0.25, 0.3) is 0 Å². The number of aryl methyl sites for hydroxylation is 1. The third-order valence-electron chi connectivity index (χ3n) is 3.91. The molecule has 1 aliphatic rings. The fourth-order valence-electron chi connectivity index (χ4n) is 2.94. The minimum atomic E-state index is 0. The first kappa shape index (κ1) is 17.5. The first-order valence-corrected chi connectivity index (χ1v) is 7.30. The van der Waals surface area contributed by atoms with Crippen molar-refractivity contribution >= 4 is 12.4 Å². The van der Waals surface area contributed by atoms with Crippen molar-refractivity contribution in [3.05, 3.63) is 17.0 Å². The van der Waals surface area contributed by atoms with Gasteiger partial charge in [0.2, 0.25) is 0 Å². The summed E-state index contributed by atoms with van der Waals surface area (Å²) >= 11 is 0. The number of nitrogens with one attached hydrogen (secondary N) is 1. The molecular formula is C15H29ClN4. The summed E-state index contributed by atoms with van der Waals surface area (Å²) in [5.41, 5.74) is 3.96. The number of halogens is 1. The number of aromatic nitrogens is 2. The zero-order valence-electron chi connectivity index (χ0n) is 13.7. The van der Waals surface area contributed by atoms with Gasteiger partial charge in [0, 0.05) is 43.5 Å². The average molecular weight is 301 g/mol. The molecular weight excluding hydrogens is 272 g/mol. The molecule has 0 unspecified atom stereocenters. The molecule has 0 aromatic carbocycles. The topological polar surface area (TPSA) is 33.1 Å². The molecule has 5 heteroatoms. The van der Waals surface area contributed by atoms with Gasteiger partial charge in [-0.15, -0.1) is 12.4 Å². The number of nitrogens with zero attached hydrogens (tertiary/aromatic N) is 3. The highest BCUT2D eigenvalue weighted by atomic mass is 35.5. The van der Waals surface area contributed by atoms with Crippen molar-refractivity contribution in [1.29, 1.82) is 0 Å². The van der Waals surface area contributed by atoms with Crippen molar-refractivity contribution < 1.29 is 0 Å². The normalized spacial score (nSPS) is 20.8. The predicted octanol–water partition coefficient (Wildman–Crippen LogP) is 2.47. The van der Waals surface area contributed by atoms with Crippen molar-refractivity contribution in [2.24, 2.45) is 0 Å². The van der Waals surface area contributed by atoms with E-state index in [0.717, 1.165) is 26.2 Å². The van der Waals surface area contributed by atoms with Crippen LogP contribution in [0.3, 0.4) is 0 Å². The Hall–Kier alpha value is -0.580. The summed E-state index contributed by atoms with van der Waals surface area (Å²) < 4.78 is 2.17. The van der Waals surface area contributed by atoms with Crippen molar-refractivity contribution in [3.63, 3.8) is 0 Å². The van der Waals surface area contributed by atoms with Crippen LogP contribution in [0.2, 0.25) is 0 Å². The average Bonchev–Trinajstić information content (AvgIpc) is 2.57. The molecule has 2 heterocycles. The summed E-state index contributed by atoms with van der Waals surface area (Å²) in [5.74, 6) is 0. The molecule has 1 aliphatic heterocycles. The molecule has 116 valence electrons. The Morgan fingerprint density at radius 3 is 2.45 bits per heavy atom. The van der Waals surface area contributed by atoms with Gasteiger partial charge in [-0.3, -0.25) is 9.58 Å². The highest BCUT2D eigenvalue weighted by molar-refractivity contribution is 5.85. The Morgan fingerprint density at radius 1 is 1.30 bits per heavy atom. The number of hydrogen-bond donors (Lipinski definition) is 1. The lowest BCUT2D eigenvalue weighted by Gasteiger charge is -2.32. The van der Waals surface area contributed by atoms with E-state index in [1.165, 1.54) is 17.0 Å². The van der Waals surface area contributed by atoms with Crippen LogP contribution in [-0.4, -0.2) is 40.4 Å². The maximum absolute atomic E-state index is 4.74. The lowest BCUT2D eigenvalue weighted by molar-refractivity contribution is 0.199. The van der Waals surface area contributed by atoms with E-state index in [1.807, 2.05) is 0 Å². The number of rotatable bonds is 2. The fraction of sp³-hybridized carbons (Fsp3) is 0.800. The third-order valence-corrected chi connectivity index (χ3v) is 3.91. The van der Waals surface area contributed by atoms with Crippen molar-refractivity contribution in [3.8, 4) is 0 Å². The Kier molecular flexibility index (Phi) is 5.64. The smallest absolute Gasteiger partial charge is 0.0641 e. The molecule has 0 saturated carbocycles. The molecule has 0 aliphatic carbocycles. The highest BCUT2D eigenvalue weighted by Gasteiger charge is 2.23. The maximum Gasteiger partial charge on any atom is 0.0641 e. The van der Waals surface area contributed by atoms with Crippen LogP contribution in [0.5, 0.6) is 0 Å². The largest absolute Gasteiger partial charge is 0.312 e. The molecule has 2 rings (SSSR count). The molecule has 1 fully saturated rings.